The lowest BCUT2D eigenvalue weighted by molar-refractivity contribution is 0.467. The normalized spacial score (nSPS) is 11.3. The maximum atomic E-state index is 11.3. The van der Waals surface area contributed by atoms with Crippen LogP contribution in [0.1, 0.15) is 5.56 Å². The minimum absolute atomic E-state index is 0.315. The van der Waals surface area contributed by atoms with Crippen LogP contribution >= 0.6 is 0 Å². The molecule has 0 amide bonds. The zero-order valence-corrected chi connectivity index (χ0v) is 9.92. The Hall–Kier alpha value is -2.80. The van der Waals surface area contributed by atoms with Crippen LogP contribution in [0.5, 0.6) is 5.75 Å². The van der Waals surface area contributed by atoms with Crippen molar-refractivity contribution in [3.8, 4) is 17.0 Å². The lowest BCUT2D eigenvalue weighted by atomic mass is 10.1. The Morgan fingerprint density at radius 1 is 1.21 bits per heavy atom. The second kappa shape index (κ2) is 5.23. The van der Waals surface area contributed by atoms with Crippen molar-refractivity contribution in [2.45, 2.75) is 0 Å². The molecular weight excluding hydrogens is 246 g/mol. The van der Waals surface area contributed by atoms with Crippen molar-refractivity contribution in [1.29, 1.82) is 0 Å². The van der Waals surface area contributed by atoms with Gasteiger partial charge in [-0.05, 0) is 17.7 Å². The molecule has 0 unspecified atom stereocenters. The Morgan fingerprint density at radius 3 is 2.42 bits per heavy atom. The van der Waals surface area contributed by atoms with Crippen molar-refractivity contribution in [3.63, 3.8) is 0 Å². The van der Waals surface area contributed by atoms with Gasteiger partial charge in [0.05, 0.1) is 0 Å². The lowest BCUT2D eigenvalue weighted by Gasteiger charge is -2.06. The van der Waals surface area contributed by atoms with Crippen molar-refractivity contribution in [2.24, 2.45) is 16.8 Å². The third kappa shape index (κ3) is 2.55. The van der Waals surface area contributed by atoms with Crippen molar-refractivity contribution in [3.05, 3.63) is 52.3 Å². The summed E-state index contributed by atoms with van der Waals surface area (Å²) >= 11 is 0. The number of aromatic amines is 1. The molecule has 0 aliphatic carbocycles. The number of aromatic nitrogens is 1. The number of rotatable bonds is 2. The van der Waals surface area contributed by atoms with Crippen LogP contribution in [-0.2, 0) is 0 Å². The Morgan fingerprint density at radius 2 is 1.89 bits per heavy atom. The molecule has 7 heteroatoms. The van der Waals surface area contributed by atoms with E-state index in [4.69, 9.17) is 11.7 Å². The van der Waals surface area contributed by atoms with Crippen LogP contribution in [-0.4, -0.2) is 15.9 Å². The van der Waals surface area contributed by atoms with Gasteiger partial charge in [-0.1, -0.05) is 24.3 Å². The Kier molecular flexibility index (Phi) is 3.48. The number of nitrogens with zero attached hydrogens (tertiary/aromatic N) is 1. The molecule has 1 aromatic heterocycles. The lowest BCUT2D eigenvalue weighted by Crippen LogP contribution is -2.31. The summed E-state index contributed by atoms with van der Waals surface area (Å²) < 4.78 is 0. The first-order chi connectivity index (χ1) is 9.15. The first-order valence-corrected chi connectivity index (χ1v) is 5.43. The van der Waals surface area contributed by atoms with E-state index < -0.39 is 5.56 Å². The largest absolute Gasteiger partial charge is 0.503 e. The number of nitrogens with two attached hydrogens (primary N) is 2. The zero-order chi connectivity index (χ0) is 13.8. The summed E-state index contributed by atoms with van der Waals surface area (Å²) in [5.41, 5.74) is 3.95. The summed E-state index contributed by atoms with van der Waals surface area (Å²) in [6.07, 6.45) is 0. The minimum atomic E-state index is -0.533. The Labute approximate surface area is 108 Å². The van der Waals surface area contributed by atoms with Gasteiger partial charge in [0.15, 0.2) is 11.6 Å². The van der Waals surface area contributed by atoms with E-state index in [1.807, 2.05) is 0 Å². The van der Waals surface area contributed by atoms with Crippen molar-refractivity contribution >= 4 is 5.84 Å². The number of hydrogen-bond donors (Lipinski definition) is 5. The summed E-state index contributed by atoms with van der Waals surface area (Å²) in [6.45, 7) is 0. The van der Waals surface area contributed by atoms with E-state index >= 15 is 0 Å². The molecule has 7 nitrogen and oxygen atoms in total. The van der Waals surface area contributed by atoms with Crippen molar-refractivity contribution in [1.82, 2.24) is 10.4 Å². The molecule has 0 aliphatic heterocycles. The van der Waals surface area contributed by atoms with Gasteiger partial charge in [-0.25, -0.2) is 5.84 Å². The highest BCUT2D eigenvalue weighted by Gasteiger charge is 2.04. The number of hydrazone groups is 1. The average Bonchev–Trinajstić information content (AvgIpc) is 2.44. The number of hydrogen-bond acceptors (Lipinski definition) is 5. The van der Waals surface area contributed by atoms with E-state index in [9.17, 15) is 9.90 Å². The minimum Gasteiger partial charge on any atom is -0.503 e. The van der Waals surface area contributed by atoms with Gasteiger partial charge in [-0.15, -0.1) is 0 Å². The van der Waals surface area contributed by atoms with Gasteiger partial charge in [-0.3, -0.25) is 4.79 Å². The molecule has 2 aromatic rings. The molecular formula is C12H13N5O2. The first-order valence-electron chi connectivity index (χ1n) is 5.43. The fourth-order valence-corrected chi connectivity index (χ4v) is 1.64. The van der Waals surface area contributed by atoms with Gasteiger partial charge < -0.3 is 21.4 Å². The maximum Gasteiger partial charge on any atom is 0.290 e. The highest BCUT2D eigenvalue weighted by Crippen LogP contribution is 2.17. The molecule has 0 aliphatic rings. The summed E-state index contributed by atoms with van der Waals surface area (Å²) in [5.74, 6) is 10.5. The topological polar surface area (TPSA) is 130 Å². The van der Waals surface area contributed by atoms with Gasteiger partial charge in [0.1, 0.15) is 0 Å². The van der Waals surface area contributed by atoms with E-state index in [0.717, 1.165) is 11.1 Å². The highest BCUT2D eigenvalue weighted by molar-refractivity contribution is 5.98. The molecule has 0 saturated heterocycles. The molecule has 1 heterocycles. The standard InChI is InChI=1S/C12H13N5O2/c13-16-11(17-14)8-3-1-7(2-4-8)9-5-6-10(18)12(19)15-9/h1-6,18H,13-14H2,(H,15,19)(H,16,17). The number of H-pyrrole nitrogens is 1. The number of aromatic hydroxyl groups is 1. The summed E-state index contributed by atoms with van der Waals surface area (Å²) in [5, 5.41) is 12.7. The molecule has 98 valence electrons. The predicted octanol–water partition coefficient (Wildman–Crippen LogP) is -0.169. The molecule has 7 N–H and O–H groups in total. The predicted molar refractivity (Wildman–Crippen MR) is 72.2 cm³/mol. The SMILES string of the molecule is N/N=C(\NN)c1ccc(-c2ccc(O)c(=O)[nH]2)cc1. The maximum absolute atomic E-state index is 11.3. The van der Waals surface area contributed by atoms with E-state index in [-0.39, 0.29) is 5.75 Å². The fraction of sp³-hybridized carbons (Fsp3) is 0. The van der Waals surface area contributed by atoms with Crippen LogP contribution in [0.3, 0.4) is 0 Å². The van der Waals surface area contributed by atoms with Crippen molar-refractivity contribution in [2.75, 3.05) is 0 Å². The van der Waals surface area contributed by atoms with Crippen LogP contribution in [0.25, 0.3) is 11.3 Å². The van der Waals surface area contributed by atoms with Crippen LogP contribution in [0.4, 0.5) is 0 Å². The number of hydrazine groups is 1. The third-order valence-electron chi connectivity index (χ3n) is 2.62. The molecule has 19 heavy (non-hydrogen) atoms. The summed E-state index contributed by atoms with van der Waals surface area (Å²) in [6, 6.07) is 10.0. The van der Waals surface area contributed by atoms with Gasteiger partial charge in [0.2, 0.25) is 0 Å². The molecule has 0 radical (unpaired) electrons. The Balaban J connectivity index is 2.37. The van der Waals surface area contributed by atoms with Crippen LogP contribution in [0.2, 0.25) is 0 Å². The zero-order valence-electron chi connectivity index (χ0n) is 9.92. The monoisotopic (exact) mass is 259 g/mol. The molecule has 0 bridgehead atoms. The fourth-order valence-electron chi connectivity index (χ4n) is 1.64. The van der Waals surface area contributed by atoms with Crippen LogP contribution < -0.4 is 22.7 Å². The van der Waals surface area contributed by atoms with E-state index in [0.29, 0.717) is 11.5 Å². The molecule has 0 saturated carbocycles. The third-order valence-corrected chi connectivity index (χ3v) is 2.62. The van der Waals surface area contributed by atoms with Gasteiger partial charge in [0, 0.05) is 11.3 Å². The van der Waals surface area contributed by atoms with E-state index in [1.165, 1.54) is 6.07 Å². The highest BCUT2D eigenvalue weighted by atomic mass is 16.3. The van der Waals surface area contributed by atoms with Gasteiger partial charge in [-0.2, -0.15) is 5.10 Å². The second-order valence-corrected chi connectivity index (χ2v) is 3.79. The first kappa shape index (κ1) is 12.7. The Bertz CT molecular complexity index is 661. The number of pyridine rings is 1. The van der Waals surface area contributed by atoms with Crippen LogP contribution in [0.15, 0.2) is 46.3 Å². The molecule has 0 atom stereocenters. The molecule has 2 rings (SSSR count). The average molecular weight is 259 g/mol. The van der Waals surface area contributed by atoms with Crippen LogP contribution in [0, 0.1) is 0 Å². The quantitative estimate of drug-likeness (QED) is 0.221. The van der Waals surface area contributed by atoms with E-state index in [1.54, 1.807) is 30.3 Å². The van der Waals surface area contributed by atoms with Crippen molar-refractivity contribution < 1.29 is 5.11 Å². The molecule has 1 aromatic carbocycles. The van der Waals surface area contributed by atoms with Gasteiger partial charge in [0.25, 0.3) is 5.56 Å². The summed E-state index contributed by atoms with van der Waals surface area (Å²) in [7, 11) is 0. The number of amidine groups is 1. The van der Waals surface area contributed by atoms with Gasteiger partial charge >= 0.3 is 0 Å². The summed E-state index contributed by atoms with van der Waals surface area (Å²) in [4.78, 5) is 13.9. The molecule has 0 fully saturated rings. The van der Waals surface area contributed by atoms with E-state index in [2.05, 4.69) is 15.5 Å². The smallest absolute Gasteiger partial charge is 0.290 e. The number of nitrogens with one attached hydrogen (secondary N) is 2. The molecule has 0 spiro atoms. The number of benzene rings is 1. The second-order valence-electron chi connectivity index (χ2n) is 3.79.